The lowest BCUT2D eigenvalue weighted by Gasteiger charge is -2.19. The van der Waals surface area contributed by atoms with Crippen molar-refractivity contribution in [3.05, 3.63) is 35.4 Å². The molecular weight excluding hydrogens is 344 g/mol. The molecule has 27 heavy (non-hydrogen) atoms. The summed E-state index contributed by atoms with van der Waals surface area (Å²) >= 11 is 0. The van der Waals surface area contributed by atoms with Crippen molar-refractivity contribution >= 4 is 5.91 Å². The zero-order valence-corrected chi connectivity index (χ0v) is 16.0. The van der Waals surface area contributed by atoms with Crippen molar-refractivity contribution in [2.75, 3.05) is 27.3 Å². The molecule has 2 aliphatic heterocycles. The molecule has 1 aromatic carbocycles. The predicted octanol–water partition coefficient (Wildman–Crippen LogP) is 2.65. The van der Waals surface area contributed by atoms with Gasteiger partial charge in [-0.3, -0.25) is 4.79 Å². The Balaban J connectivity index is 1.54. The van der Waals surface area contributed by atoms with Gasteiger partial charge in [-0.05, 0) is 25.3 Å². The SMILES string of the molecule is COc1cccc([C@@H]2CCN(C(=O)c3nnc4n3CCCCC4)C2)c1OC. The maximum atomic E-state index is 13.1. The highest BCUT2D eigenvalue weighted by Crippen LogP contribution is 2.39. The molecule has 1 fully saturated rings. The molecule has 2 aliphatic rings. The van der Waals surface area contributed by atoms with E-state index < -0.39 is 0 Å². The quantitative estimate of drug-likeness (QED) is 0.828. The van der Waals surface area contributed by atoms with E-state index in [2.05, 4.69) is 16.3 Å². The zero-order chi connectivity index (χ0) is 18.8. The Morgan fingerprint density at radius 3 is 2.81 bits per heavy atom. The van der Waals surface area contributed by atoms with Crippen molar-refractivity contribution in [2.24, 2.45) is 0 Å². The molecule has 3 heterocycles. The van der Waals surface area contributed by atoms with E-state index in [4.69, 9.17) is 9.47 Å². The third-order valence-corrected chi connectivity index (χ3v) is 5.65. The van der Waals surface area contributed by atoms with E-state index in [9.17, 15) is 4.79 Å². The molecule has 1 atom stereocenters. The molecule has 0 spiro atoms. The van der Waals surface area contributed by atoms with E-state index in [-0.39, 0.29) is 11.8 Å². The zero-order valence-electron chi connectivity index (χ0n) is 16.0. The number of amides is 1. The van der Waals surface area contributed by atoms with Gasteiger partial charge in [-0.2, -0.15) is 0 Å². The van der Waals surface area contributed by atoms with Crippen molar-refractivity contribution in [1.29, 1.82) is 0 Å². The third kappa shape index (κ3) is 3.26. The van der Waals surface area contributed by atoms with Gasteiger partial charge in [-0.1, -0.05) is 18.6 Å². The molecule has 1 aromatic heterocycles. The van der Waals surface area contributed by atoms with Crippen LogP contribution in [0, 0.1) is 0 Å². The van der Waals surface area contributed by atoms with E-state index in [0.717, 1.165) is 55.1 Å². The van der Waals surface area contributed by atoms with Crippen LogP contribution in [0.25, 0.3) is 0 Å². The second kappa shape index (κ2) is 7.58. The minimum atomic E-state index is -0.0139. The van der Waals surface area contributed by atoms with E-state index in [1.54, 1.807) is 14.2 Å². The molecule has 1 amide bonds. The molecular formula is C20H26N4O3. The summed E-state index contributed by atoms with van der Waals surface area (Å²) in [6.07, 6.45) is 5.18. The number of fused-ring (bicyclic) bond motifs is 1. The number of para-hydroxylation sites is 1. The second-order valence-electron chi connectivity index (χ2n) is 7.22. The molecule has 0 bridgehead atoms. The van der Waals surface area contributed by atoms with Crippen LogP contribution >= 0.6 is 0 Å². The van der Waals surface area contributed by atoms with Crippen LogP contribution in [0.15, 0.2) is 18.2 Å². The summed E-state index contributed by atoms with van der Waals surface area (Å²) in [5, 5.41) is 8.49. The lowest BCUT2D eigenvalue weighted by atomic mass is 9.97. The van der Waals surface area contributed by atoms with E-state index >= 15 is 0 Å². The third-order valence-electron chi connectivity index (χ3n) is 5.65. The van der Waals surface area contributed by atoms with Crippen LogP contribution in [0.5, 0.6) is 11.5 Å². The van der Waals surface area contributed by atoms with Crippen molar-refractivity contribution in [1.82, 2.24) is 19.7 Å². The average molecular weight is 370 g/mol. The largest absolute Gasteiger partial charge is 0.493 e. The van der Waals surface area contributed by atoms with Gasteiger partial charge in [0, 0.05) is 37.5 Å². The van der Waals surface area contributed by atoms with Gasteiger partial charge in [0.15, 0.2) is 11.5 Å². The molecule has 2 aromatic rings. The topological polar surface area (TPSA) is 69.5 Å². The molecule has 1 saturated heterocycles. The van der Waals surface area contributed by atoms with Crippen molar-refractivity contribution in [2.45, 2.75) is 44.6 Å². The Hall–Kier alpha value is -2.57. The minimum Gasteiger partial charge on any atom is -0.493 e. The Morgan fingerprint density at radius 2 is 2.00 bits per heavy atom. The Kier molecular flexibility index (Phi) is 5.01. The van der Waals surface area contributed by atoms with Crippen LogP contribution in [-0.2, 0) is 13.0 Å². The minimum absolute atomic E-state index is 0.0139. The van der Waals surface area contributed by atoms with Crippen LogP contribution in [0.3, 0.4) is 0 Å². The van der Waals surface area contributed by atoms with Gasteiger partial charge in [0.05, 0.1) is 14.2 Å². The summed E-state index contributed by atoms with van der Waals surface area (Å²) in [6.45, 7) is 2.21. The van der Waals surface area contributed by atoms with Gasteiger partial charge in [0.25, 0.3) is 5.91 Å². The average Bonchev–Trinajstić information content (AvgIpc) is 3.28. The summed E-state index contributed by atoms with van der Waals surface area (Å²) in [5.74, 6) is 3.13. The highest BCUT2D eigenvalue weighted by molar-refractivity contribution is 5.91. The number of aromatic nitrogens is 3. The number of hydrogen-bond donors (Lipinski definition) is 0. The number of carbonyl (C=O) groups is 1. The van der Waals surface area contributed by atoms with Crippen molar-refractivity contribution < 1.29 is 14.3 Å². The maximum absolute atomic E-state index is 13.1. The molecule has 7 heteroatoms. The first-order valence-electron chi connectivity index (χ1n) is 9.65. The molecule has 0 radical (unpaired) electrons. The molecule has 0 saturated carbocycles. The first-order valence-corrected chi connectivity index (χ1v) is 9.65. The van der Waals surface area contributed by atoms with Gasteiger partial charge in [0.2, 0.25) is 5.82 Å². The van der Waals surface area contributed by atoms with Crippen LogP contribution in [-0.4, -0.2) is 52.9 Å². The number of hydrogen-bond acceptors (Lipinski definition) is 5. The van der Waals surface area contributed by atoms with E-state index in [0.29, 0.717) is 18.9 Å². The van der Waals surface area contributed by atoms with Crippen LogP contribution in [0.2, 0.25) is 0 Å². The second-order valence-corrected chi connectivity index (χ2v) is 7.22. The van der Waals surface area contributed by atoms with Crippen LogP contribution in [0.4, 0.5) is 0 Å². The highest BCUT2D eigenvalue weighted by atomic mass is 16.5. The number of aryl methyl sites for hydroxylation is 1. The lowest BCUT2D eigenvalue weighted by Crippen LogP contribution is -2.31. The number of benzene rings is 1. The molecule has 0 aliphatic carbocycles. The van der Waals surface area contributed by atoms with Crippen molar-refractivity contribution in [3.8, 4) is 11.5 Å². The molecule has 0 unspecified atom stereocenters. The summed E-state index contributed by atoms with van der Waals surface area (Å²) in [5.41, 5.74) is 1.09. The number of carbonyl (C=O) groups excluding carboxylic acids is 1. The van der Waals surface area contributed by atoms with E-state index in [1.165, 1.54) is 6.42 Å². The molecule has 0 N–H and O–H groups in total. The number of ether oxygens (including phenoxy) is 2. The Bertz CT molecular complexity index is 833. The van der Waals surface area contributed by atoms with Crippen LogP contribution in [0.1, 0.15) is 53.6 Å². The number of nitrogens with zero attached hydrogens (tertiary/aromatic N) is 4. The van der Waals surface area contributed by atoms with Gasteiger partial charge in [-0.15, -0.1) is 10.2 Å². The first-order chi connectivity index (χ1) is 13.2. The van der Waals surface area contributed by atoms with Gasteiger partial charge in [-0.25, -0.2) is 0 Å². The lowest BCUT2D eigenvalue weighted by molar-refractivity contribution is 0.0772. The summed E-state index contributed by atoms with van der Waals surface area (Å²) in [4.78, 5) is 15.0. The Labute approximate surface area is 159 Å². The standard InChI is InChI=1S/C20H26N4O3/c1-26-16-8-6-7-15(18(16)27-2)14-10-12-23(13-14)20(25)19-22-21-17-9-4-3-5-11-24(17)19/h6-8,14H,3-5,9-13H2,1-2H3/t14-/m1/s1. The maximum Gasteiger partial charge on any atom is 0.291 e. The highest BCUT2D eigenvalue weighted by Gasteiger charge is 2.33. The number of methoxy groups -OCH3 is 2. The first kappa shape index (κ1) is 17.8. The van der Waals surface area contributed by atoms with Gasteiger partial charge >= 0.3 is 0 Å². The van der Waals surface area contributed by atoms with Gasteiger partial charge in [0.1, 0.15) is 5.82 Å². The molecule has 4 rings (SSSR count). The molecule has 7 nitrogen and oxygen atoms in total. The summed E-state index contributed by atoms with van der Waals surface area (Å²) in [7, 11) is 3.30. The number of likely N-dealkylation sites (tertiary alicyclic amines) is 1. The Morgan fingerprint density at radius 1 is 1.11 bits per heavy atom. The monoisotopic (exact) mass is 370 g/mol. The summed E-state index contributed by atoms with van der Waals surface area (Å²) < 4.78 is 13.0. The van der Waals surface area contributed by atoms with Crippen LogP contribution < -0.4 is 9.47 Å². The normalized spacial score (nSPS) is 19.5. The fourth-order valence-electron chi connectivity index (χ4n) is 4.22. The fourth-order valence-corrected chi connectivity index (χ4v) is 4.22. The predicted molar refractivity (Wildman–Crippen MR) is 100 cm³/mol. The van der Waals surface area contributed by atoms with Gasteiger partial charge < -0.3 is 18.9 Å². The molecule has 144 valence electrons. The smallest absolute Gasteiger partial charge is 0.291 e. The fraction of sp³-hybridized carbons (Fsp3) is 0.550. The van der Waals surface area contributed by atoms with E-state index in [1.807, 2.05) is 21.6 Å². The van der Waals surface area contributed by atoms with Crippen molar-refractivity contribution in [3.63, 3.8) is 0 Å². The summed E-state index contributed by atoms with van der Waals surface area (Å²) in [6, 6.07) is 5.92. The number of rotatable bonds is 4.